The maximum Gasteiger partial charge on any atom is 0.251 e. The molecule has 2 heterocycles. The summed E-state index contributed by atoms with van der Waals surface area (Å²) in [4.78, 5) is 0. The van der Waals surface area contributed by atoms with Gasteiger partial charge in [-0.1, -0.05) is 0 Å². The minimum absolute atomic E-state index is 0.0137. The summed E-state index contributed by atoms with van der Waals surface area (Å²) in [6.45, 7) is 4.46. The Kier molecular flexibility index (Phi) is 7.32. The first-order chi connectivity index (χ1) is 12.4. The van der Waals surface area contributed by atoms with Gasteiger partial charge >= 0.3 is 0 Å². The summed E-state index contributed by atoms with van der Waals surface area (Å²) >= 11 is 0. The molecular weight excluding hydrogens is 345 g/mol. The Morgan fingerprint density at radius 3 is 2.64 bits per heavy atom. The molecule has 2 aliphatic heterocycles. The fraction of sp³-hybridized carbons (Fsp3) is 0.882. The first-order valence-corrected chi connectivity index (χ1v) is 10.3. The fourth-order valence-electron chi connectivity index (χ4n) is 3.07. The van der Waals surface area contributed by atoms with Crippen molar-refractivity contribution in [2.75, 3.05) is 20.3 Å². The average molecular weight is 376 g/mol. The van der Waals surface area contributed by atoms with Crippen molar-refractivity contribution in [2.45, 2.75) is 76.6 Å². The predicted octanol–water partition coefficient (Wildman–Crippen LogP) is 2.90. The van der Waals surface area contributed by atoms with Crippen LogP contribution in [-0.4, -0.2) is 63.2 Å². The second kappa shape index (κ2) is 9.48. The minimum Gasteiger partial charge on any atom is -0.379 e. The van der Waals surface area contributed by atoms with Crippen molar-refractivity contribution in [1.29, 1.82) is 5.26 Å². The number of rotatable bonds is 9. The zero-order valence-electron chi connectivity index (χ0n) is 16.3. The van der Waals surface area contributed by atoms with E-state index in [0.717, 1.165) is 6.42 Å². The van der Waals surface area contributed by atoms with Gasteiger partial charge in [-0.25, -0.2) is 0 Å². The molecule has 2 aliphatic rings. The third-order valence-electron chi connectivity index (χ3n) is 4.31. The number of hydrogen-bond donors (Lipinski definition) is 0. The molecule has 7 atom stereocenters. The molecule has 3 unspecified atom stereocenters. The van der Waals surface area contributed by atoms with Crippen LogP contribution in [0, 0.1) is 11.3 Å². The Bertz CT molecular complexity index is 530. The van der Waals surface area contributed by atoms with Crippen molar-refractivity contribution < 1.29 is 29.2 Å². The Balaban J connectivity index is 1.99. The molecule has 8 heteroatoms. The standard InChI is InChI=1S/C17H30NO6P/c1-12-9-15(14(3)22-12)24-25(5,20-8-6-7-18)21-11-17-16(19-4)10-13(2)23-17/h12-17H,5-6,8-11H2,1-4H3/t12-,13-,14+,15?,16?,17+,25?/m0/s1/i3D. The molecule has 2 rings (SSSR count). The molecule has 0 spiro atoms. The third-order valence-corrected chi connectivity index (χ3v) is 6.02. The number of nitriles is 1. The number of hydrogen-bond acceptors (Lipinski definition) is 7. The van der Waals surface area contributed by atoms with Crippen LogP contribution in [0.3, 0.4) is 0 Å². The van der Waals surface area contributed by atoms with Crippen molar-refractivity contribution in [1.82, 2.24) is 0 Å². The van der Waals surface area contributed by atoms with Gasteiger partial charge in [0, 0.05) is 21.3 Å². The molecule has 0 amide bonds. The van der Waals surface area contributed by atoms with Crippen LogP contribution in [-0.2, 0) is 27.8 Å². The highest BCUT2D eigenvalue weighted by Gasteiger charge is 2.38. The van der Waals surface area contributed by atoms with Gasteiger partial charge in [0.1, 0.15) is 6.10 Å². The summed E-state index contributed by atoms with van der Waals surface area (Å²) in [5.74, 6) is 0. The fourth-order valence-corrected chi connectivity index (χ4v) is 4.64. The van der Waals surface area contributed by atoms with Crippen LogP contribution in [0.5, 0.6) is 0 Å². The molecular formula is C17H30NO6P. The van der Waals surface area contributed by atoms with Gasteiger partial charge in [-0.3, -0.25) is 0 Å². The highest BCUT2D eigenvalue weighted by molar-refractivity contribution is 7.59. The van der Waals surface area contributed by atoms with Gasteiger partial charge in [0.15, 0.2) is 0 Å². The lowest BCUT2D eigenvalue weighted by atomic mass is 10.1. The lowest BCUT2D eigenvalue weighted by Crippen LogP contribution is -2.29. The monoisotopic (exact) mass is 376 g/mol. The largest absolute Gasteiger partial charge is 0.379 e. The van der Waals surface area contributed by atoms with Gasteiger partial charge in [-0.15, -0.1) is 0 Å². The molecule has 0 radical (unpaired) electrons. The predicted molar refractivity (Wildman–Crippen MR) is 95.4 cm³/mol. The zero-order valence-corrected chi connectivity index (χ0v) is 16.2. The molecule has 25 heavy (non-hydrogen) atoms. The van der Waals surface area contributed by atoms with E-state index in [9.17, 15) is 0 Å². The molecule has 2 fully saturated rings. The van der Waals surface area contributed by atoms with Crippen molar-refractivity contribution >= 4 is 13.9 Å². The van der Waals surface area contributed by atoms with E-state index in [2.05, 4.69) is 6.30 Å². The minimum atomic E-state index is -2.93. The third kappa shape index (κ3) is 6.04. The summed E-state index contributed by atoms with van der Waals surface area (Å²) in [6, 6.07) is 2.03. The molecule has 0 bridgehead atoms. The Morgan fingerprint density at radius 1 is 1.24 bits per heavy atom. The average Bonchev–Trinajstić information content (AvgIpc) is 3.14. The van der Waals surface area contributed by atoms with E-state index in [1.54, 1.807) is 7.11 Å². The van der Waals surface area contributed by atoms with E-state index in [4.69, 9.17) is 34.4 Å². The van der Waals surface area contributed by atoms with Crippen LogP contribution in [0.1, 0.15) is 41.4 Å². The second-order valence-electron chi connectivity index (χ2n) is 6.51. The van der Waals surface area contributed by atoms with Crippen molar-refractivity contribution in [3.05, 3.63) is 0 Å². The summed E-state index contributed by atoms with van der Waals surface area (Å²) in [7, 11) is -1.28. The van der Waals surface area contributed by atoms with Crippen LogP contribution in [0.15, 0.2) is 0 Å². The molecule has 0 saturated carbocycles. The Labute approximate surface area is 152 Å². The Morgan fingerprint density at radius 2 is 1.96 bits per heavy atom. The van der Waals surface area contributed by atoms with Crippen LogP contribution in [0.4, 0.5) is 0 Å². The second-order valence-corrected chi connectivity index (χ2v) is 8.46. The summed E-state index contributed by atoms with van der Waals surface area (Å²) in [5, 5.41) is 8.76. The van der Waals surface area contributed by atoms with Crippen LogP contribution in [0.25, 0.3) is 0 Å². The van der Waals surface area contributed by atoms with E-state index in [1.807, 2.05) is 19.9 Å². The van der Waals surface area contributed by atoms with E-state index >= 15 is 0 Å². The molecule has 0 aromatic rings. The summed E-state index contributed by atoms with van der Waals surface area (Å²) in [6.07, 6.45) is 4.95. The quantitative estimate of drug-likeness (QED) is 0.452. The van der Waals surface area contributed by atoms with Crippen LogP contribution >= 0.6 is 7.57 Å². The van der Waals surface area contributed by atoms with Gasteiger partial charge in [0.05, 0.1) is 56.2 Å². The van der Waals surface area contributed by atoms with E-state index in [0.29, 0.717) is 6.42 Å². The first-order valence-electron chi connectivity index (χ1n) is 9.32. The van der Waals surface area contributed by atoms with Gasteiger partial charge < -0.3 is 27.8 Å². The van der Waals surface area contributed by atoms with Gasteiger partial charge in [-0.2, -0.15) is 5.26 Å². The highest BCUT2D eigenvalue weighted by Crippen LogP contribution is 2.52. The zero-order chi connectivity index (χ0) is 19.2. The summed E-state index contributed by atoms with van der Waals surface area (Å²) < 4.78 is 42.4. The molecule has 7 nitrogen and oxygen atoms in total. The summed E-state index contributed by atoms with van der Waals surface area (Å²) in [5.41, 5.74) is 0. The lowest BCUT2D eigenvalue weighted by Gasteiger charge is -2.29. The van der Waals surface area contributed by atoms with E-state index in [-0.39, 0.29) is 63.2 Å². The van der Waals surface area contributed by atoms with E-state index < -0.39 is 7.57 Å². The van der Waals surface area contributed by atoms with E-state index in [1.165, 1.54) is 0 Å². The molecule has 0 N–H and O–H groups in total. The van der Waals surface area contributed by atoms with Crippen LogP contribution in [0.2, 0.25) is 0 Å². The molecule has 0 aliphatic carbocycles. The lowest BCUT2D eigenvalue weighted by molar-refractivity contribution is -0.0332. The topological polar surface area (TPSA) is 79.2 Å². The normalized spacial score (nSPS) is 38.2. The number of methoxy groups -OCH3 is 1. The van der Waals surface area contributed by atoms with Crippen LogP contribution < -0.4 is 0 Å². The first kappa shape index (κ1) is 19.3. The number of nitrogens with zero attached hydrogens (tertiary/aromatic N) is 1. The molecule has 0 aromatic heterocycles. The maximum atomic E-state index is 8.76. The maximum absolute atomic E-state index is 8.76. The van der Waals surface area contributed by atoms with Crippen molar-refractivity contribution in [2.24, 2.45) is 0 Å². The molecule has 0 aromatic carbocycles. The van der Waals surface area contributed by atoms with Crippen molar-refractivity contribution in [3.63, 3.8) is 0 Å². The van der Waals surface area contributed by atoms with Crippen molar-refractivity contribution in [3.8, 4) is 6.07 Å². The SMILES string of the molecule is [2H]C[C@H]1O[C@@H](C)CC1OP(=C)(OCCC#N)OC[C@H]1O[C@@H](C)CC1OC. The van der Waals surface area contributed by atoms with Gasteiger partial charge in [0.25, 0.3) is 7.57 Å². The van der Waals surface area contributed by atoms with Gasteiger partial charge in [-0.05, 0) is 27.0 Å². The number of ether oxygens (including phenoxy) is 3. The molecule has 2 saturated heterocycles. The molecule has 144 valence electrons. The highest BCUT2D eigenvalue weighted by atomic mass is 31.2. The smallest absolute Gasteiger partial charge is 0.251 e. The van der Waals surface area contributed by atoms with Gasteiger partial charge in [0.2, 0.25) is 0 Å². The Hall–Kier alpha value is -0.450.